The summed E-state index contributed by atoms with van der Waals surface area (Å²) in [4.78, 5) is 0. The van der Waals surface area contributed by atoms with E-state index < -0.39 is 0 Å². The van der Waals surface area contributed by atoms with Crippen LogP contribution in [0.1, 0.15) is 5.56 Å². The Hall–Kier alpha value is -1.48. The summed E-state index contributed by atoms with van der Waals surface area (Å²) >= 11 is 0. The van der Waals surface area contributed by atoms with Gasteiger partial charge >= 0.3 is 0 Å². The largest absolute Gasteiger partial charge is 0.497 e. The van der Waals surface area contributed by atoms with Gasteiger partial charge in [-0.1, -0.05) is 12.2 Å². The zero-order chi connectivity index (χ0) is 10.4. The van der Waals surface area contributed by atoms with Gasteiger partial charge in [0.1, 0.15) is 18.1 Å². The molecule has 1 aromatic carbocycles. The number of hydrogen-bond acceptors (Lipinski definition) is 2. The molecule has 0 saturated carbocycles. The van der Waals surface area contributed by atoms with Crippen LogP contribution in [0.15, 0.2) is 24.3 Å². The number of benzene rings is 1. The van der Waals surface area contributed by atoms with Crippen molar-refractivity contribution in [1.82, 2.24) is 0 Å². The summed E-state index contributed by atoms with van der Waals surface area (Å²) in [5.74, 6) is 1.43. The van der Waals surface area contributed by atoms with Gasteiger partial charge in [0.15, 0.2) is 0 Å². The molecule has 0 heterocycles. The molecule has 1 rings (SSSR count). The van der Waals surface area contributed by atoms with Crippen LogP contribution in [0.2, 0.25) is 0 Å². The summed E-state index contributed by atoms with van der Waals surface area (Å²) in [5, 5.41) is 10.3. The molecular weight excluding hydrogens is 180 g/mol. The molecule has 0 aliphatic rings. The van der Waals surface area contributed by atoms with Crippen molar-refractivity contribution in [2.75, 3.05) is 20.8 Å². The van der Waals surface area contributed by atoms with Gasteiger partial charge in [-0.2, -0.15) is 0 Å². The normalized spacial score (nSPS) is 10.5. The van der Waals surface area contributed by atoms with Gasteiger partial charge in [0.25, 0.3) is 0 Å². The maximum atomic E-state index is 10.3. The highest BCUT2D eigenvalue weighted by Gasteiger charge is 1.98. The summed E-state index contributed by atoms with van der Waals surface area (Å²) in [6.45, 7) is -0.223. The van der Waals surface area contributed by atoms with Crippen LogP contribution >= 0.6 is 0 Å². The molecule has 0 amide bonds. The number of rotatable bonds is 4. The van der Waals surface area contributed by atoms with Crippen molar-refractivity contribution in [3.63, 3.8) is 0 Å². The van der Waals surface area contributed by atoms with Gasteiger partial charge in [0.2, 0.25) is 0 Å². The number of hydrogen-bond donors (Lipinski definition) is 0. The molecule has 75 valence electrons. The van der Waals surface area contributed by atoms with Crippen molar-refractivity contribution in [3.05, 3.63) is 29.8 Å². The highest BCUT2D eigenvalue weighted by molar-refractivity contribution is 5.55. The third-order valence-electron chi connectivity index (χ3n) is 1.78. The van der Waals surface area contributed by atoms with E-state index in [0.717, 1.165) is 17.1 Å². The Morgan fingerprint density at radius 3 is 2.14 bits per heavy atom. The Morgan fingerprint density at radius 2 is 1.71 bits per heavy atom. The first kappa shape index (κ1) is 10.6. The Kier molecular flexibility index (Phi) is 4.01. The SMILES string of the molecule is COc1cc(C=CC[O])cc(OC)c1. The molecule has 0 unspecified atom stereocenters. The first-order valence-corrected chi connectivity index (χ1v) is 4.28. The maximum Gasteiger partial charge on any atom is 0.123 e. The molecule has 0 saturated heterocycles. The Bertz CT molecular complexity index is 296. The third-order valence-corrected chi connectivity index (χ3v) is 1.78. The van der Waals surface area contributed by atoms with Gasteiger partial charge in [-0.05, 0) is 17.7 Å². The van der Waals surface area contributed by atoms with E-state index in [9.17, 15) is 5.11 Å². The first-order chi connectivity index (χ1) is 6.80. The Balaban J connectivity index is 2.98. The lowest BCUT2D eigenvalue weighted by atomic mass is 10.2. The van der Waals surface area contributed by atoms with Crippen molar-refractivity contribution >= 4 is 6.08 Å². The van der Waals surface area contributed by atoms with Crippen LogP contribution in [0, 0.1) is 0 Å². The fourth-order valence-electron chi connectivity index (χ4n) is 1.11. The predicted molar refractivity (Wildman–Crippen MR) is 54.1 cm³/mol. The number of ether oxygens (including phenoxy) is 2. The molecule has 0 N–H and O–H groups in total. The molecule has 0 aliphatic heterocycles. The predicted octanol–water partition coefficient (Wildman–Crippen LogP) is 2.15. The quantitative estimate of drug-likeness (QED) is 0.734. The number of methoxy groups -OCH3 is 2. The van der Waals surface area contributed by atoms with Crippen molar-refractivity contribution < 1.29 is 14.6 Å². The van der Waals surface area contributed by atoms with E-state index in [0.29, 0.717) is 0 Å². The lowest BCUT2D eigenvalue weighted by molar-refractivity contribution is 0.233. The second-order valence-corrected chi connectivity index (χ2v) is 2.72. The van der Waals surface area contributed by atoms with Crippen molar-refractivity contribution in [2.45, 2.75) is 0 Å². The molecule has 0 fully saturated rings. The topological polar surface area (TPSA) is 38.4 Å². The lowest BCUT2D eigenvalue weighted by Crippen LogP contribution is -1.88. The summed E-state index contributed by atoms with van der Waals surface area (Å²) in [6, 6.07) is 5.47. The summed E-state index contributed by atoms with van der Waals surface area (Å²) in [7, 11) is 3.19. The maximum absolute atomic E-state index is 10.3. The minimum Gasteiger partial charge on any atom is -0.497 e. The van der Waals surface area contributed by atoms with Gasteiger partial charge < -0.3 is 9.47 Å². The Morgan fingerprint density at radius 1 is 1.14 bits per heavy atom. The van der Waals surface area contributed by atoms with Crippen molar-refractivity contribution in [1.29, 1.82) is 0 Å². The van der Waals surface area contributed by atoms with E-state index in [4.69, 9.17) is 9.47 Å². The second-order valence-electron chi connectivity index (χ2n) is 2.72. The molecule has 0 aromatic heterocycles. The fraction of sp³-hybridized carbons (Fsp3) is 0.273. The van der Waals surface area contributed by atoms with Crippen LogP contribution in [-0.4, -0.2) is 20.8 Å². The second kappa shape index (κ2) is 5.29. The van der Waals surface area contributed by atoms with Crippen LogP contribution in [0.4, 0.5) is 0 Å². The molecule has 0 bridgehead atoms. The van der Waals surface area contributed by atoms with Crippen LogP contribution < -0.4 is 9.47 Å². The average molecular weight is 193 g/mol. The highest BCUT2D eigenvalue weighted by Crippen LogP contribution is 2.23. The van der Waals surface area contributed by atoms with Crippen LogP contribution in [0.25, 0.3) is 6.08 Å². The molecule has 3 heteroatoms. The van der Waals surface area contributed by atoms with Gasteiger partial charge in [-0.3, -0.25) is 0 Å². The highest BCUT2D eigenvalue weighted by atomic mass is 16.5. The monoisotopic (exact) mass is 193 g/mol. The minimum atomic E-state index is -0.223. The van der Waals surface area contributed by atoms with Crippen LogP contribution in [0.5, 0.6) is 11.5 Å². The molecule has 14 heavy (non-hydrogen) atoms. The van der Waals surface area contributed by atoms with E-state index >= 15 is 0 Å². The van der Waals surface area contributed by atoms with E-state index in [1.165, 1.54) is 0 Å². The molecule has 3 nitrogen and oxygen atoms in total. The first-order valence-electron chi connectivity index (χ1n) is 4.28. The molecular formula is C11H13O3. The molecule has 1 radical (unpaired) electrons. The third kappa shape index (κ3) is 2.78. The summed E-state index contributed by atoms with van der Waals surface area (Å²) in [5.41, 5.74) is 0.900. The standard InChI is InChI=1S/C11H13O3/c1-13-10-6-9(4-3-5-12)7-11(8-10)14-2/h3-4,6-8H,5H2,1-2H3. The van der Waals surface area contributed by atoms with Crippen molar-refractivity contribution in [3.8, 4) is 11.5 Å². The minimum absolute atomic E-state index is 0.223. The van der Waals surface area contributed by atoms with Crippen LogP contribution in [0.3, 0.4) is 0 Å². The Labute approximate surface area is 83.6 Å². The molecule has 0 atom stereocenters. The van der Waals surface area contributed by atoms with Crippen LogP contribution in [-0.2, 0) is 5.11 Å². The van der Waals surface area contributed by atoms with Gasteiger partial charge in [-0.25, -0.2) is 5.11 Å². The zero-order valence-electron chi connectivity index (χ0n) is 8.32. The van der Waals surface area contributed by atoms with E-state index in [1.807, 2.05) is 12.1 Å². The molecule has 0 aliphatic carbocycles. The van der Waals surface area contributed by atoms with Gasteiger partial charge in [0, 0.05) is 6.07 Å². The lowest BCUT2D eigenvalue weighted by Gasteiger charge is -2.05. The zero-order valence-corrected chi connectivity index (χ0v) is 8.32. The molecule has 0 spiro atoms. The van der Waals surface area contributed by atoms with E-state index in [2.05, 4.69) is 0 Å². The average Bonchev–Trinajstić information content (AvgIpc) is 2.25. The summed E-state index contributed by atoms with van der Waals surface area (Å²) < 4.78 is 10.2. The molecule has 1 aromatic rings. The van der Waals surface area contributed by atoms with Crippen molar-refractivity contribution in [2.24, 2.45) is 0 Å². The van der Waals surface area contributed by atoms with E-state index in [-0.39, 0.29) is 6.61 Å². The van der Waals surface area contributed by atoms with Gasteiger partial charge in [0.05, 0.1) is 14.2 Å². The summed E-state index contributed by atoms with van der Waals surface area (Å²) in [6.07, 6.45) is 3.30. The van der Waals surface area contributed by atoms with E-state index in [1.54, 1.807) is 32.4 Å². The fourth-order valence-corrected chi connectivity index (χ4v) is 1.11. The smallest absolute Gasteiger partial charge is 0.123 e. The van der Waals surface area contributed by atoms with Gasteiger partial charge in [-0.15, -0.1) is 0 Å².